The molecule has 0 radical (unpaired) electrons. The normalized spacial score (nSPS) is 14.4. The van der Waals surface area contributed by atoms with E-state index in [2.05, 4.69) is 43.5 Å². The molecule has 0 aromatic carbocycles. The van der Waals surface area contributed by atoms with Gasteiger partial charge in [-0.15, -0.1) is 0 Å². The van der Waals surface area contributed by atoms with E-state index in [0.29, 0.717) is 17.4 Å². The number of unbranched alkanes of at least 4 members (excludes halogenated alkanes) is 29. The van der Waals surface area contributed by atoms with Gasteiger partial charge in [0.25, 0.3) is 7.82 Å². The highest BCUT2D eigenvalue weighted by Gasteiger charge is 2.23. The fourth-order valence-electron chi connectivity index (χ4n) is 7.28. The maximum Gasteiger partial charge on any atom is 0.268 e. The maximum absolute atomic E-state index is 12.8. The summed E-state index contributed by atoms with van der Waals surface area (Å²) in [5, 5.41) is 13.8. The fourth-order valence-corrected chi connectivity index (χ4v) is 8.00. The summed E-state index contributed by atoms with van der Waals surface area (Å²) in [5.41, 5.74) is 0. The zero-order chi connectivity index (χ0) is 44.3. The molecule has 0 aromatic heterocycles. The average Bonchev–Trinajstić information content (AvgIpc) is 3.20. The Labute approximate surface area is 372 Å². The molecule has 0 fully saturated rings. The lowest BCUT2D eigenvalue weighted by Gasteiger charge is -2.29. The summed E-state index contributed by atoms with van der Waals surface area (Å²) in [7, 11) is 1.24. The minimum atomic E-state index is -4.60. The molecule has 0 aliphatic rings. The first-order chi connectivity index (χ1) is 29.0. The Morgan fingerprint density at radius 1 is 0.567 bits per heavy atom. The number of carbonyl (C=O) groups is 1. The van der Waals surface area contributed by atoms with Crippen LogP contribution in [0.5, 0.6) is 0 Å². The number of phosphoric ester groups is 1. The van der Waals surface area contributed by atoms with E-state index in [1.807, 2.05) is 27.2 Å². The number of nitrogens with one attached hydrogen (secondary N) is 1. The molecule has 0 saturated heterocycles. The number of rotatable bonds is 46. The van der Waals surface area contributed by atoms with Crippen molar-refractivity contribution in [2.45, 2.75) is 244 Å². The molecule has 0 saturated carbocycles. The van der Waals surface area contributed by atoms with E-state index < -0.39 is 26.6 Å². The molecule has 3 unspecified atom stereocenters. The number of quaternary nitrogens is 1. The molecule has 0 heterocycles. The van der Waals surface area contributed by atoms with E-state index in [-0.39, 0.29) is 12.5 Å². The number of allylic oxidation sites excluding steroid dienone is 5. The Morgan fingerprint density at radius 3 is 1.38 bits per heavy atom. The SMILES string of the molecule is CCCCC/C=C\CCCCCCCC(=O)NC(COP(=O)([O-])OCC[N+](C)(C)C)C(O)/C=C/CC/C=C/CCCCCCCCCCCCCCCCCCCCCC. The van der Waals surface area contributed by atoms with Crippen molar-refractivity contribution in [3.05, 3.63) is 36.5 Å². The van der Waals surface area contributed by atoms with Crippen molar-refractivity contribution in [1.29, 1.82) is 0 Å². The summed E-state index contributed by atoms with van der Waals surface area (Å²) in [6, 6.07) is -0.906. The molecule has 0 spiro atoms. The fraction of sp³-hybridized carbons (Fsp3) is 0.863. The monoisotopic (exact) mass is 867 g/mol. The lowest BCUT2D eigenvalue weighted by atomic mass is 10.0. The van der Waals surface area contributed by atoms with Crippen LogP contribution >= 0.6 is 7.82 Å². The van der Waals surface area contributed by atoms with Gasteiger partial charge in [-0.25, -0.2) is 0 Å². The van der Waals surface area contributed by atoms with Gasteiger partial charge in [0, 0.05) is 6.42 Å². The molecule has 0 rings (SSSR count). The zero-order valence-electron chi connectivity index (χ0n) is 40.2. The Morgan fingerprint density at radius 2 is 0.933 bits per heavy atom. The van der Waals surface area contributed by atoms with Crippen LogP contribution in [-0.2, 0) is 18.4 Å². The van der Waals surface area contributed by atoms with Crippen molar-refractivity contribution < 1.29 is 32.9 Å². The summed E-state index contributed by atoms with van der Waals surface area (Å²) in [6.45, 7) is 4.60. The first kappa shape index (κ1) is 58.7. The van der Waals surface area contributed by atoms with Gasteiger partial charge in [-0.05, 0) is 57.8 Å². The quantitative estimate of drug-likeness (QED) is 0.0273. The molecule has 0 aliphatic heterocycles. The summed E-state index contributed by atoms with van der Waals surface area (Å²) in [4.78, 5) is 25.3. The largest absolute Gasteiger partial charge is 0.756 e. The summed E-state index contributed by atoms with van der Waals surface area (Å²) in [5.74, 6) is -0.217. The standard InChI is InChI=1S/C51H99N2O6P/c1-6-8-10-12-14-16-18-20-21-22-23-24-25-26-27-28-29-30-31-32-33-34-36-38-40-42-44-50(54)49(48-59-60(56,57)58-47-46-53(3,4)5)52-51(55)45-43-41-39-37-35-19-17-15-13-11-9-7-2/h15,17,34,36,42,44,49-50,54H,6-14,16,18-33,35,37-41,43,45-48H2,1-5H3,(H-,52,55,56,57)/b17-15-,36-34+,44-42+. The van der Waals surface area contributed by atoms with E-state index in [9.17, 15) is 19.4 Å². The van der Waals surface area contributed by atoms with Crippen molar-refractivity contribution in [2.75, 3.05) is 40.9 Å². The third-order valence-corrected chi connectivity index (χ3v) is 12.3. The number of likely N-dealkylation sites (N-methyl/N-ethyl adjacent to an activating group) is 1. The summed E-state index contributed by atoms with van der Waals surface area (Å²) in [6.07, 6.45) is 53.6. The third kappa shape index (κ3) is 44.8. The van der Waals surface area contributed by atoms with Crippen LogP contribution in [0.2, 0.25) is 0 Å². The maximum atomic E-state index is 12.8. The topological polar surface area (TPSA) is 108 Å². The highest BCUT2D eigenvalue weighted by atomic mass is 31.2. The number of aliphatic hydroxyl groups excluding tert-OH is 1. The highest BCUT2D eigenvalue weighted by molar-refractivity contribution is 7.45. The number of hydrogen-bond donors (Lipinski definition) is 2. The zero-order valence-corrected chi connectivity index (χ0v) is 41.1. The van der Waals surface area contributed by atoms with Gasteiger partial charge in [0.2, 0.25) is 5.91 Å². The van der Waals surface area contributed by atoms with Crippen LogP contribution in [0.3, 0.4) is 0 Å². The van der Waals surface area contributed by atoms with E-state index in [0.717, 1.165) is 57.8 Å². The first-order valence-corrected chi connectivity index (χ1v) is 26.8. The lowest BCUT2D eigenvalue weighted by Crippen LogP contribution is -2.45. The molecule has 60 heavy (non-hydrogen) atoms. The van der Waals surface area contributed by atoms with Gasteiger partial charge < -0.3 is 28.8 Å². The molecule has 2 N–H and O–H groups in total. The summed E-state index contributed by atoms with van der Waals surface area (Å²) < 4.78 is 23.2. The predicted octanol–water partition coefficient (Wildman–Crippen LogP) is 14.0. The van der Waals surface area contributed by atoms with E-state index in [1.165, 1.54) is 154 Å². The van der Waals surface area contributed by atoms with Gasteiger partial charge in [0.05, 0.1) is 39.9 Å². The second-order valence-electron chi connectivity index (χ2n) is 18.5. The molecule has 354 valence electrons. The second kappa shape index (κ2) is 43.0. The predicted molar refractivity (Wildman–Crippen MR) is 256 cm³/mol. The van der Waals surface area contributed by atoms with Gasteiger partial charge in [0.15, 0.2) is 0 Å². The van der Waals surface area contributed by atoms with Crippen molar-refractivity contribution in [3.63, 3.8) is 0 Å². The third-order valence-electron chi connectivity index (χ3n) is 11.3. The number of nitrogens with zero attached hydrogens (tertiary/aromatic N) is 1. The molecule has 8 nitrogen and oxygen atoms in total. The van der Waals surface area contributed by atoms with Crippen LogP contribution in [-0.4, -0.2) is 68.5 Å². The van der Waals surface area contributed by atoms with Crippen molar-refractivity contribution >= 4 is 13.7 Å². The van der Waals surface area contributed by atoms with E-state index >= 15 is 0 Å². The van der Waals surface area contributed by atoms with Crippen LogP contribution in [0.15, 0.2) is 36.5 Å². The van der Waals surface area contributed by atoms with Crippen LogP contribution in [0.4, 0.5) is 0 Å². The van der Waals surface area contributed by atoms with Gasteiger partial charge >= 0.3 is 0 Å². The van der Waals surface area contributed by atoms with Gasteiger partial charge in [-0.1, -0.05) is 204 Å². The van der Waals surface area contributed by atoms with E-state index in [1.54, 1.807) is 6.08 Å². The lowest BCUT2D eigenvalue weighted by molar-refractivity contribution is -0.870. The number of amides is 1. The minimum Gasteiger partial charge on any atom is -0.756 e. The number of phosphoric acid groups is 1. The van der Waals surface area contributed by atoms with Gasteiger partial charge in [-0.2, -0.15) is 0 Å². The smallest absolute Gasteiger partial charge is 0.268 e. The molecule has 0 aliphatic carbocycles. The Hall–Kier alpha value is -1.28. The highest BCUT2D eigenvalue weighted by Crippen LogP contribution is 2.38. The molecule has 1 amide bonds. The van der Waals surface area contributed by atoms with Crippen molar-refractivity contribution in [3.8, 4) is 0 Å². The van der Waals surface area contributed by atoms with E-state index in [4.69, 9.17) is 9.05 Å². The van der Waals surface area contributed by atoms with Crippen LogP contribution in [0.1, 0.15) is 232 Å². The number of hydrogen-bond acceptors (Lipinski definition) is 6. The Balaban J connectivity index is 4.26. The Kier molecular flexibility index (Phi) is 42.1. The van der Waals surface area contributed by atoms with Crippen LogP contribution in [0.25, 0.3) is 0 Å². The van der Waals surface area contributed by atoms with Crippen LogP contribution in [0, 0.1) is 0 Å². The van der Waals surface area contributed by atoms with Crippen molar-refractivity contribution in [2.24, 2.45) is 0 Å². The van der Waals surface area contributed by atoms with Crippen molar-refractivity contribution in [1.82, 2.24) is 5.32 Å². The molecular formula is C51H99N2O6P. The molecule has 0 bridgehead atoms. The van der Waals surface area contributed by atoms with Gasteiger partial charge in [-0.3, -0.25) is 9.36 Å². The molecule has 9 heteroatoms. The Bertz CT molecular complexity index is 1070. The molecular weight excluding hydrogens is 768 g/mol. The summed E-state index contributed by atoms with van der Waals surface area (Å²) >= 11 is 0. The molecule has 3 atom stereocenters. The minimum absolute atomic E-state index is 0.00783. The number of carbonyl (C=O) groups excluding carboxylic acids is 1. The second-order valence-corrected chi connectivity index (χ2v) is 19.9. The first-order valence-electron chi connectivity index (χ1n) is 25.4. The molecule has 0 aromatic rings. The van der Waals surface area contributed by atoms with Gasteiger partial charge in [0.1, 0.15) is 13.2 Å². The van der Waals surface area contributed by atoms with Crippen LogP contribution < -0.4 is 10.2 Å². The number of aliphatic hydroxyl groups is 1. The average molecular weight is 867 g/mol.